The number of aryl methyl sites for hydroxylation is 1. The third kappa shape index (κ3) is 7.29. The normalized spacial score (nSPS) is 20.7. The zero-order valence-electron chi connectivity index (χ0n) is 29.2. The summed E-state index contributed by atoms with van der Waals surface area (Å²) < 4.78 is 7.84. The van der Waals surface area contributed by atoms with Crippen molar-refractivity contribution in [1.82, 2.24) is 25.0 Å². The lowest BCUT2D eigenvalue weighted by atomic mass is 9.69. The molecule has 2 aliphatic heterocycles. The molecule has 4 heterocycles. The van der Waals surface area contributed by atoms with Gasteiger partial charge in [0.15, 0.2) is 0 Å². The molecule has 266 valence electrons. The summed E-state index contributed by atoms with van der Waals surface area (Å²) in [5, 5.41) is 16.9. The number of fused-ring (bicyclic) bond motifs is 1. The maximum atomic E-state index is 12.2. The molecule has 2 amide bonds. The third-order valence-electron chi connectivity index (χ3n) is 10.9. The number of carbonyl (C=O) groups excluding carboxylic acids is 2. The van der Waals surface area contributed by atoms with Gasteiger partial charge < -0.3 is 14.7 Å². The highest BCUT2D eigenvalue weighted by molar-refractivity contribution is 5.99. The summed E-state index contributed by atoms with van der Waals surface area (Å²) in [7, 11) is 0. The maximum Gasteiger partial charge on any atom is 0.251 e. The van der Waals surface area contributed by atoms with Gasteiger partial charge in [0, 0.05) is 68.6 Å². The number of benzene rings is 3. The van der Waals surface area contributed by atoms with Crippen molar-refractivity contribution in [3.8, 4) is 22.6 Å². The van der Waals surface area contributed by atoms with Crippen molar-refractivity contribution in [3.63, 3.8) is 0 Å². The molecule has 2 fully saturated rings. The Hall–Kier alpha value is -5.48. The molecular formula is C42H44N6O4. The van der Waals surface area contributed by atoms with Gasteiger partial charge in [-0.2, -0.15) is 5.10 Å². The molecule has 1 aliphatic carbocycles. The van der Waals surface area contributed by atoms with Crippen LogP contribution in [-0.4, -0.2) is 75.9 Å². The number of piperidine rings is 1. The van der Waals surface area contributed by atoms with E-state index in [9.17, 15) is 14.7 Å². The number of anilines is 1. The van der Waals surface area contributed by atoms with Gasteiger partial charge in [0.2, 0.25) is 5.91 Å². The minimum Gasteiger partial charge on any atom is -0.508 e. The van der Waals surface area contributed by atoms with Crippen molar-refractivity contribution in [3.05, 3.63) is 126 Å². The summed E-state index contributed by atoms with van der Waals surface area (Å²) in [6.07, 6.45) is 9.18. The number of phenols is 1. The molecule has 3 atom stereocenters. The largest absolute Gasteiger partial charge is 0.508 e. The van der Waals surface area contributed by atoms with Crippen molar-refractivity contribution in [2.45, 2.75) is 50.0 Å². The van der Waals surface area contributed by atoms with Gasteiger partial charge in [-0.25, -0.2) is 4.98 Å². The van der Waals surface area contributed by atoms with Gasteiger partial charge >= 0.3 is 0 Å². The number of rotatable bonds is 10. The quantitative estimate of drug-likeness (QED) is 0.134. The second kappa shape index (κ2) is 15.0. The highest BCUT2D eigenvalue weighted by atomic mass is 16.5. The third-order valence-corrected chi connectivity index (χ3v) is 10.9. The fourth-order valence-electron chi connectivity index (χ4n) is 8.06. The number of ether oxygens (including phenoxy) is 1. The smallest absolute Gasteiger partial charge is 0.251 e. The number of nitrogens with zero attached hydrogens (tertiary/aromatic N) is 5. The highest BCUT2D eigenvalue weighted by Crippen LogP contribution is 2.47. The lowest BCUT2D eigenvalue weighted by Crippen LogP contribution is -2.47. The van der Waals surface area contributed by atoms with Gasteiger partial charge in [-0.15, -0.1) is 0 Å². The first-order chi connectivity index (χ1) is 25.5. The topological polar surface area (TPSA) is 113 Å². The highest BCUT2D eigenvalue weighted by Gasteiger charge is 2.32. The van der Waals surface area contributed by atoms with Crippen LogP contribution in [0.1, 0.15) is 65.8 Å². The molecule has 0 bridgehead atoms. The number of piperazine rings is 1. The van der Waals surface area contributed by atoms with Crippen LogP contribution in [0.5, 0.6) is 11.5 Å². The number of pyridine rings is 1. The van der Waals surface area contributed by atoms with E-state index in [1.165, 1.54) is 22.3 Å². The zero-order chi connectivity index (χ0) is 35.4. The van der Waals surface area contributed by atoms with Crippen molar-refractivity contribution >= 4 is 17.6 Å². The summed E-state index contributed by atoms with van der Waals surface area (Å²) in [6.45, 7) is 5.42. The molecule has 0 radical (unpaired) electrons. The van der Waals surface area contributed by atoms with Crippen molar-refractivity contribution in [2.75, 3.05) is 44.2 Å². The Morgan fingerprint density at radius 2 is 1.65 bits per heavy atom. The molecular weight excluding hydrogens is 653 g/mol. The molecule has 3 aliphatic rings. The zero-order valence-corrected chi connectivity index (χ0v) is 29.2. The minimum absolute atomic E-state index is 0.226. The number of aromatic hydroxyl groups is 1. The van der Waals surface area contributed by atoms with E-state index in [1.54, 1.807) is 10.9 Å². The molecule has 2 saturated heterocycles. The Morgan fingerprint density at radius 1 is 0.827 bits per heavy atom. The Labute approximate surface area is 304 Å². The molecule has 8 rings (SSSR count). The van der Waals surface area contributed by atoms with Crippen LogP contribution in [0.4, 0.5) is 5.82 Å². The summed E-state index contributed by atoms with van der Waals surface area (Å²) >= 11 is 0. The summed E-state index contributed by atoms with van der Waals surface area (Å²) in [6, 6.07) is 28.9. The molecule has 10 heteroatoms. The number of carbonyl (C=O) groups is 2. The van der Waals surface area contributed by atoms with Crippen LogP contribution < -0.4 is 15.0 Å². The summed E-state index contributed by atoms with van der Waals surface area (Å²) in [5.41, 5.74) is 7.00. The molecule has 1 unspecified atom stereocenters. The Balaban J connectivity index is 0.806. The monoisotopic (exact) mass is 696 g/mol. The van der Waals surface area contributed by atoms with E-state index in [0.29, 0.717) is 31.1 Å². The van der Waals surface area contributed by atoms with Gasteiger partial charge in [0.25, 0.3) is 5.91 Å². The number of aromatic nitrogens is 3. The SMILES string of the molecule is O=C1CCC(n2cc(-c3ccc(N4CCN(CCCOc5ccc([C@@H]6c7ccc(O)cc7CC[C@@H]6c6ccccc6)cc5)CC4)nc3)cn2)C(=O)N1. The van der Waals surface area contributed by atoms with Crippen LogP contribution in [0.3, 0.4) is 0 Å². The first-order valence-corrected chi connectivity index (χ1v) is 18.4. The van der Waals surface area contributed by atoms with E-state index in [1.807, 2.05) is 36.7 Å². The molecule has 10 nitrogen and oxygen atoms in total. The molecule has 52 heavy (non-hydrogen) atoms. The average molecular weight is 697 g/mol. The maximum absolute atomic E-state index is 12.2. The van der Waals surface area contributed by atoms with Crippen LogP contribution in [0.25, 0.3) is 11.1 Å². The van der Waals surface area contributed by atoms with E-state index in [4.69, 9.17) is 9.72 Å². The van der Waals surface area contributed by atoms with Gasteiger partial charge in [0.05, 0.1) is 12.8 Å². The van der Waals surface area contributed by atoms with E-state index < -0.39 is 6.04 Å². The molecule has 3 aromatic carbocycles. The van der Waals surface area contributed by atoms with Gasteiger partial charge in [-0.1, -0.05) is 48.5 Å². The standard InChI is InChI=1S/C42H44N6O4/c49-34-11-15-37-31(25-34)9-14-36(29-5-2-1-3-6-29)41(37)30-7-12-35(13-8-30)52-24-4-19-46-20-22-47(23-21-46)39-17-10-32(26-43-39)33-27-44-48(28-33)38-16-18-40(50)45-42(38)51/h1-3,5-8,10-13,15,17,25-28,36,38,41,49H,4,9,14,16,18-24H2,(H,45,50,51)/t36-,38?,41+/m1/s1. The first kappa shape index (κ1) is 33.7. The molecule has 5 aromatic rings. The minimum atomic E-state index is -0.467. The Morgan fingerprint density at radius 3 is 2.42 bits per heavy atom. The lowest BCUT2D eigenvalue weighted by Gasteiger charge is -2.35. The fourth-order valence-corrected chi connectivity index (χ4v) is 8.06. The van der Waals surface area contributed by atoms with Crippen LogP contribution in [0.2, 0.25) is 0 Å². The van der Waals surface area contributed by atoms with Gasteiger partial charge in [-0.05, 0) is 90.3 Å². The van der Waals surface area contributed by atoms with E-state index in [2.05, 4.69) is 80.9 Å². The van der Waals surface area contributed by atoms with Crippen LogP contribution in [0.15, 0.2) is 104 Å². The lowest BCUT2D eigenvalue weighted by molar-refractivity contribution is -0.135. The Bertz CT molecular complexity index is 2000. The van der Waals surface area contributed by atoms with Gasteiger partial charge in [-0.3, -0.25) is 24.5 Å². The number of hydrogen-bond acceptors (Lipinski definition) is 8. The van der Waals surface area contributed by atoms with Crippen molar-refractivity contribution in [1.29, 1.82) is 0 Å². The molecule has 0 saturated carbocycles. The predicted octanol–water partition coefficient (Wildman–Crippen LogP) is 6.08. The number of amides is 2. The molecule has 2 aromatic heterocycles. The van der Waals surface area contributed by atoms with E-state index in [-0.39, 0.29) is 17.7 Å². The van der Waals surface area contributed by atoms with Crippen LogP contribution in [-0.2, 0) is 16.0 Å². The van der Waals surface area contributed by atoms with Crippen LogP contribution in [0, 0.1) is 0 Å². The number of hydrogen-bond donors (Lipinski definition) is 2. The number of imide groups is 1. The molecule has 2 N–H and O–H groups in total. The second-order valence-electron chi connectivity index (χ2n) is 14.1. The number of nitrogens with one attached hydrogen (secondary N) is 1. The predicted molar refractivity (Wildman–Crippen MR) is 200 cm³/mol. The van der Waals surface area contributed by atoms with Crippen molar-refractivity contribution in [2.24, 2.45) is 0 Å². The van der Waals surface area contributed by atoms with Crippen LogP contribution >= 0.6 is 0 Å². The fraction of sp³-hybridized carbons (Fsp3) is 0.333. The first-order valence-electron chi connectivity index (χ1n) is 18.4. The van der Waals surface area contributed by atoms with E-state index in [0.717, 1.165) is 74.7 Å². The second-order valence-corrected chi connectivity index (χ2v) is 14.1. The van der Waals surface area contributed by atoms with Crippen molar-refractivity contribution < 1.29 is 19.4 Å². The number of phenolic OH excluding ortho intramolecular Hbond substituents is 1. The average Bonchev–Trinajstić information content (AvgIpc) is 3.67. The van der Waals surface area contributed by atoms with E-state index >= 15 is 0 Å². The summed E-state index contributed by atoms with van der Waals surface area (Å²) in [5.74, 6) is 2.25. The summed E-state index contributed by atoms with van der Waals surface area (Å²) in [4.78, 5) is 33.3. The van der Waals surface area contributed by atoms with Gasteiger partial charge in [0.1, 0.15) is 23.4 Å². The Kier molecular flexibility index (Phi) is 9.72. The molecule has 0 spiro atoms.